The molecule has 1 aromatic heterocycles. The van der Waals surface area contributed by atoms with Gasteiger partial charge in [0.15, 0.2) is 5.69 Å². The van der Waals surface area contributed by atoms with E-state index in [4.69, 9.17) is 4.74 Å². The smallest absolute Gasteiger partial charge is 0.276 e. The van der Waals surface area contributed by atoms with Crippen molar-refractivity contribution < 1.29 is 14.3 Å². The number of carbonyl (C=O) groups is 2. The predicted molar refractivity (Wildman–Crippen MR) is 121 cm³/mol. The monoisotopic (exact) mass is 438 g/mol. The van der Waals surface area contributed by atoms with Crippen molar-refractivity contribution in [1.82, 2.24) is 14.7 Å². The number of aryl methyl sites for hydroxylation is 1. The number of methoxy groups -OCH3 is 1. The molecule has 1 atom stereocenters. The Kier molecular flexibility index (Phi) is 5.94. The minimum Gasteiger partial charge on any atom is -0.497 e. The molecule has 0 aliphatic carbocycles. The quantitative estimate of drug-likeness (QED) is 0.658. The van der Waals surface area contributed by atoms with Gasteiger partial charge in [-0.15, -0.1) is 11.8 Å². The van der Waals surface area contributed by atoms with Gasteiger partial charge in [-0.05, 0) is 37.3 Å². The van der Waals surface area contributed by atoms with Crippen LogP contribution in [-0.4, -0.2) is 51.3 Å². The highest BCUT2D eigenvalue weighted by Gasteiger charge is 2.36. The summed E-state index contributed by atoms with van der Waals surface area (Å²) >= 11 is 1.50. The molecule has 2 amide bonds. The standard InChI is InChI=1S/C22H22N4O4S/c1-3-26-21(28)17-7-5-4-6-16(17)19(24-26)22(29)25-13-31-12-18(25)20(27)23-14-8-10-15(30-2)11-9-14/h4-11,18H,3,12-13H2,1-2H3,(H,23,27). The van der Waals surface area contributed by atoms with Crippen LogP contribution in [0.1, 0.15) is 17.4 Å². The normalized spacial score (nSPS) is 15.8. The van der Waals surface area contributed by atoms with Gasteiger partial charge in [0.1, 0.15) is 11.8 Å². The molecule has 1 fully saturated rings. The highest BCUT2D eigenvalue weighted by Crippen LogP contribution is 2.26. The molecule has 1 unspecified atom stereocenters. The Labute approximate surface area is 183 Å². The van der Waals surface area contributed by atoms with Crippen molar-refractivity contribution >= 4 is 40.0 Å². The van der Waals surface area contributed by atoms with E-state index < -0.39 is 6.04 Å². The number of hydrogen-bond donors (Lipinski definition) is 1. The minimum absolute atomic E-state index is 0.182. The average Bonchev–Trinajstić information content (AvgIpc) is 3.30. The Morgan fingerprint density at radius 1 is 1.16 bits per heavy atom. The Balaban J connectivity index is 1.63. The van der Waals surface area contributed by atoms with Gasteiger partial charge in [0.2, 0.25) is 5.91 Å². The molecule has 1 N–H and O–H groups in total. The van der Waals surface area contributed by atoms with Crippen LogP contribution in [0.15, 0.2) is 53.3 Å². The molecule has 160 valence electrons. The van der Waals surface area contributed by atoms with Crippen molar-refractivity contribution in [3.63, 3.8) is 0 Å². The van der Waals surface area contributed by atoms with E-state index in [1.165, 1.54) is 21.3 Å². The summed E-state index contributed by atoms with van der Waals surface area (Å²) in [5, 5.41) is 8.11. The first-order valence-corrected chi connectivity index (χ1v) is 11.0. The number of anilines is 1. The van der Waals surface area contributed by atoms with Crippen LogP contribution in [0.3, 0.4) is 0 Å². The number of amides is 2. The van der Waals surface area contributed by atoms with Crippen LogP contribution >= 0.6 is 11.8 Å². The molecule has 0 radical (unpaired) electrons. The Morgan fingerprint density at radius 2 is 1.87 bits per heavy atom. The third-order valence-corrected chi connectivity index (χ3v) is 6.19. The number of ether oxygens (including phenoxy) is 1. The molecule has 4 rings (SSSR count). The summed E-state index contributed by atoms with van der Waals surface area (Å²) < 4.78 is 6.42. The molecular weight excluding hydrogens is 416 g/mol. The molecule has 8 nitrogen and oxygen atoms in total. The largest absolute Gasteiger partial charge is 0.497 e. The molecule has 2 heterocycles. The lowest BCUT2D eigenvalue weighted by Crippen LogP contribution is -2.45. The number of thioether (sulfide) groups is 1. The predicted octanol–water partition coefficient (Wildman–Crippen LogP) is 2.58. The van der Waals surface area contributed by atoms with E-state index in [1.807, 2.05) is 0 Å². The van der Waals surface area contributed by atoms with Gasteiger partial charge in [0.05, 0.1) is 18.4 Å². The van der Waals surface area contributed by atoms with Crippen LogP contribution < -0.4 is 15.6 Å². The number of aromatic nitrogens is 2. The van der Waals surface area contributed by atoms with Gasteiger partial charge in [-0.25, -0.2) is 4.68 Å². The van der Waals surface area contributed by atoms with Crippen molar-refractivity contribution in [3.8, 4) is 5.75 Å². The molecule has 1 aliphatic heterocycles. The zero-order chi connectivity index (χ0) is 22.0. The van der Waals surface area contributed by atoms with E-state index in [2.05, 4.69) is 10.4 Å². The summed E-state index contributed by atoms with van der Waals surface area (Å²) in [6, 6.07) is 13.3. The zero-order valence-electron chi connectivity index (χ0n) is 17.2. The van der Waals surface area contributed by atoms with Crippen molar-refractivity contribution in [1.29, 1.82) is 0 Å². The summed E-state index contributed by atoms with van der Waals surface area (Å²) in [7, 11) is 1.58. The van der Waals surface area contributed by atoms with E-state index >= 15 is 0 Å². The fourth-order valence-corrected chi connectivity index (χ4v) is 4.66. The number of fused-ring (bicyclic) bond motifs is 1. The van der Waals surface area contributed by atoms with E-state index in [1.54, 1.807) is 62.6 Å². The van der Waals surface area contributed by atoms with Gasteiger partial charge in [-0.3, -0.25) is 14.4 Å². The second kappa shape index (κ2) is 8.81. The van der Waals surface area contributed by atoms with Gasteiger partial charge in [-0.2, -0.15) is 5.10 Å². The van der Waals surface area contributed by atoms with E-state index in [0.717, 1.165) is 0 Å². The zero-order valence-corrected chi connectivity index (χ0v) is 18.0. The third-order valence-electron chi connectivity index (χ3n) is 5.17. The van der Waals surface area contributed by atoms with Gasteiger partial charge in [0.25, 0.3) is 11.5 Å². The first kappa shape index (κ1) is 20.9. The van der Waals surface area contributed by atoms with Gasteiger partial charge in [0, 0.05) is 23.4 Å². The number of nitrogens with zero attached hydrogens (tertiary/aromatic N) is 3. The summed E-state index contributed by atoms with van der Waals surface area (Å²) in [6.45, 7) is 2.15. The fraction of sp³-hybridized carbons (Fsp3) is 0.273. The topological polar surface area (TPSA) is 93.5 Å². The lowest BCUT2D eigenvalue weighted by molar-refractivity contribution is -0.119. The molecule has 0 bridgehead atoms. The molecule has 1 saturated heterocycles. The lowest BCUT2D eigenvalue weighted by Gasteiger charge is -2.23. The number of hydrogen-bond acceptors (Lipinski definition) is 6. The van der Waals surface area contributed by atoms with Gasteiger partial charge < -0.3 is 15.0 Å². The maximum absolute atomic E-state index is 13.4. The fourth-order valence-electron chi connectivity index (χ4n) is 3.50. The first-order chi connectivity index (χ1) is 15.0. The van der Waals surface area contributed by atoms with Crippen molar-refractivity contribution in [2.75, 3.05) is 24.1 Å². The molecule has 0 saturated carbocycles. The Bertz CT molecular complexity index is 1190. The molecular formula is C22H22N4O4S. The lowest BCUT2D eigenvalue weighted by atomic mass is 10.1. The molecule has 3 aromatic rings. The summed E-state index contributed by atoms with van der Waals surface area (Å²) in [5.74, 6) is 0.921. The number of benzene rings is 2. The molecule has 31 heavy (non-hydrogen) atoms. The van der Waals surface area contributed by atoms with E-state index in [9.17, 15) is 14.4 Å². The minimum atomic E-state index is -0.637. The van der Waals surface area contributed by atoms with Crippen molar-refractivity contribution in [2.45, 2.75) is 19.5 Å². The van der Waals surface area contributed by atoms with Crippen LogP contribution in [-0.2, 0) is 11.3 Å². The Morgan fingerprint density at radius 3 is 2.55 bits per heavy atom. The molecule has 2 aromatic carbocycles. The summed E-state index contributed by atoms with van der Waals surface area (Å²) in [5.41, 5.74) is 0.569. The third kappa shape index (κ3) is 4.00. The molecule has 0 spiro atoms. The molecule has 1 aliphatic rings. The van der Waals surface area contributed by atoms with Gasteiger partial charge in [-0.1, -0.05) is 18.2 Å². The second-order valence-electron chi connectivity index (χ2n) is 7.02. The Hall–Kier alpha value is -3.33. The average molecular weight is 439 g/mol. The maximum atomic E-state index is 13.4. The van der Waals surface area contributed by atoms with Crippen LogP contribution in [0.2, 0.25) is 0 Å². The van der Waals surface area contributed by atoms with Crippen LogP contribution in [0, 0.1) is 0 Å². The van der Waals surface area contributed by atoms with Crippen LogP contribution in [0.5, 0.6) is 5.75 Å². The number of rotatable bonds is 5. The number of nitrogens with one attached hydrogen (secondary N) is 1. The highest BCUT2D eigenvalue weighted by atomic mass is 32.2. The van der Waals surface area contributed by atoms with Crippen LogP contribution in [0.25, 0.3) is 10.8 Å². The van der Waals surface area contributed by atoms with Crippen molar-refractivity contribution in [2.24, 2.45) is 0 Å². The second-order valence-corrected chi connectivity index (χ2v) is 8.02. The highest BCUT2D eigenvalue weighted by molar-refractivity contribution is 7.99. The molecule has 9 heteroatoms. The number of carbonyl (C=O) groups excluding carboxylic acids is 2. The first-order valence-electron chi connectivity index (χ1n) is 9.87. The van der Waals surface area contributed by atoms with E-state index in [0.29, 0.717) is 40.4 Å². The summed E-state index contributed by atoms with van der Waals surface area (Å²) in [6.07, 6.45) is 0. The maximum Gasteiger partial charge on any atom is 0.276 e. The van der Waals surface area contributed by atoms with Crippen molar-refractivity contribution in [3.05, 3.63) is 64.6 Å². The van der Waals surface area contributed by atoms with E-state index in [-0.39, 0.29) is 23.1 Å². The van der Waals surface area contributed by atoms with Crippen LogP contribution in [0.4, 0.5) is 5.69 Å². The summed E-state index contributed by atoms with van der Waals surface area (Å²) in [4.78, 5) is 40.5. The van der Waals surface area contributed by atoms with Gasteiger partial charge >= 0.3 is 0 Å². The SMILES string of the molecule is CCn1nc(C(=O)N2CSCC2C(=O)Nc2ccc(OC)cc2)c2ccccc2c1=O.